The molecule has 0 aromatic heterocycles. The van der Waals surface area contributed by atoms with Crippen LogP contribution in [0, 0.1) is 13.8 Å². The molecule has 2 aromatic rings. The first-order chi connectivity index (χ1) is 9.95. The molecule has 0 radical (unpaired) electrons. The number of carboxylic acid groups (broad SMARTS) is 1. The molecular formula is C17H15BrO3. The van der Waals surface area contributed by atoms with E-state index in [0.29, 0.717) is 5.75 Å². The average Bonchev–Trinajstić information content (AvgIpc) is 2.42. The van der Waals surface area contributed by atoms with E-state index in [4.69, 9.17) is 9.84 Å². The Morgan fingerprint density at radius 3 is 2.48 bits per heavy atom. The van der Waals surface area contributed by atoms with E-state index in [1.54, 1.807) is 0 Å². The molecule has 1 N–H and O–H groups in total. The second-order valence-electron chi connectivity index (χ2n) is 4.73. The first kappa shape index (κ1) is 15.3. The lowest BCUT2D eigenvalue weighted by atomic mass is 10.1. The molecule has 0 saturated heterocycles. The van der Waals surface area contributed by atoms with Crippen LogP contribution in [0.4, 0.5) is 0 Å². The van der Waals surface area contributed by atoms with E-state index < -0.39 is 5.97 Å². The van der Waals surface area contributed by atoms with Gasteiger partial charge in [-0.15, -0.1) is 0 Å². The predicted octanol–water partition coefficient (Wildman–Crippen LogP) is 4.96. The van der Waals surface area contributed by atoms with E-state index in [1.165, 1.54) is 11.6 Å². The summed E-state index contributed by atoms with van der Waals surface area (Å²) in [5, 5.41) is 8.62. The molecule has 0 bridgehead atoms. The first-order valence-corrected chi connectivity index (χ1v) is 7.20. The molecular weight excluding hydrogens is 332 g/mol. The third-order valence-electron chi connectivity index (χ3n) is 2.92. The van der Waals surface area contributed by atoms with Crippen molar-refractivity contribution in [1.82, 2.24) is 0 Å². The SMILES string of the molecule is Cc1ccc(Oc2ccc(/C=C/C(=O)O)cc2Br)c(C)c1. The zero-order valence-electron chi connectivity index (χ0n) is 11.8. The number of benzene rings is 2. The Kier molecular flexibility index (Phi) is 4.81. The third-order valence-corrected chi connectivity index (χ3v) is 3.54. The van der Waals surface area contributed by atoms with Gasteiger partial charge in [0.15, 0.2) is 0 Å². The molecule has 21 heavy (non-hydrogen) atoms. The Morgan fingerprint density at radius 1 is 1.14 bits per heavy atom. The standard InChI is InChI=1S/C17H15BrO3/c1-11-3-6-15(12(2)9-11)21-16-7-4-13(10-14(16)18)5-8-17(19)20/h3-10H,1-2H3,(H,19,20)/b8-5+. The largest absolute Gasteiger partial charge is 0.478 e. The zero-order valence-corrected chi connectivity index (χ0v) is 13.3. The quantitative estimate of drug-likeness (QED) is 0.796. The normalized spacial score (nSPS) is 10.8. The van der Waals surface area contributed by atoms with Crippen LogP contribution >= 0.6 is 15.9 Å². The minimum Gasteiger partial charge on any atom is -0.478 e. The van der Waals surface area contributed by atoms with Crippen LogP contribution in [0.15, 0.2) is 46.9 Å². The van der Waals surface area contributed by atoms with Crippen LogP contribution in [0.2, 0.25) is 0 Å². The minimum atomic E-state index is -0.971. The van der Waals surface area contributed by atoms with Gasteiger partial charge in [-0.1, -0.05) is 23.8 Å². The fraction of sp³-hybridized carbons (Fsp3) is 0.118. The van der Waals surface area contributed by atoms with Crippen molar-refractivity contribution >= 4 is 28.0 Å². The molecule has 0 saturated carbocycles. The van der Waals surface area contributed by atoms with Gasteiger partial charge in [0.1, 0.15) is 11.5 Å². The van der Waals surface area contributed by atoms with Gasteiger partial charge in [-0.2, -0.15) is 0 Å². The minimum absolute atomic E-state index is 0.689. The topological polar surface area (TPSA) is 46.5 Å². The summed E-state index contributed by atoms with van der Waals surface area (Å²) in [6, 6.07) is 11.4. The van der Waals surface area contributed by atoms with Crippen LogP contribution in [0.25, 0.3) is 6.08 Å². The van der Waals surface area contributed by atoms with Crippen molar-refractivity contribution < 1.29 is 14.6 Å². The number of carbonyl (C=O) groups is 1. The summed E-state index contributed by atoms with van der Waals surface area (Å²) in [4.78, 5) is 10.5. The summed E-state index contributed by atoms with van der Waals surface area (Å²) in [5.74, 6) is 0.520. The Hall–Kier alpha value is -2.07. The highest BCUT2D eigenvalue weighted by Crippen LogP contribution is 2.32. The number of halogens is 1. The van der Waals surface area contributed by atoms with Gasteiger partial charge in [-0.05, 0) is 65.2 Å². The van der Waals surface area contributed by atoms with E-state index in [-0.39, 0.29) is 0 Å². The molecule has 0 aliphatic rings. The van der Waals surface area contributed by atoms with E-state index in [9.17, 15) is 4.79 Å². The summed E-state index contributed by atoms with van der Waals surface area (Å²) < 4.78 is 6.66. The molecule has 0 heterocycles. The highest BCUT2D eigenvalue weighted by molar-refractivity contribution is 9.10. The van der Waals surface area contributed by atoms with Gasteiger partial charge in [0.05, 0.1) is 4.47 Å². The van der Waals surface area contributed by atoms with Crippen molar-refractivity contribution in [1.29, 1.82) is 0 Å². The first-order valence-electron chi connectivity index (χ1n) is 6.41. The lowest BCUT2D eigenvalue weighted by molar-refractivity contribution is -0.131. The van der Waals surface area contributed by atoms with Gasteiger partial charge in [-0.25, -0.2) is 4.79 Å². The molecule has 0 unspecified atom stereocenters. The summed E-state index contributed by atoms with van der Waals surface area (Å²) in [6.45, 7) is 4.04. The summed E-state index contributed by atoms with van der Waals surface area (Å²) in [6.07, 6.45) is 2.64. The van der Waals surface area contributed by atoms with E-state index in [1.807, 2.05) is 44.2 Å². The highest BCUT2D eigenvalue weighted by atomic mass is 79.9. The maximum atomic E-state index is 10.5. The van der Waals surface area contributed by atoms with Crippen molar-refractivity contribution in [3.05, 3.63) is 63.6 Å². The molecule has 4 heteroatoms. The molecule has 2 aromatic carbocycles. The average molecular weight is 347 g/mol. The molecule has 0 aliphatic carbocycles. The molecule has 2 rings (SSSR count). The van der Waals surface area contributed by atoms with Crippen LogP contribution in [0.3, 0.4) is 0 Å². The van der Waals surface area contributed by atoms with Gasteiger partial charge < -0.3 is 9.84 Å². The number of hydrogen-bond acceptors (Lipinski definition) is 2. The zero-order chi connectivity index (χ0) is 15.4. The monoisotopic (exact) mass is 346 g/mol. The van der Waals surface area contributed by atoms with Gasteiger partial charge in [0.25, 0.3) is 0 Å². The van der Waals surface area contributed by atoms with Crippen molar-refractivity contribution in [2.45, 2.75) is 13.8 Å². The number of aryl methyl sites for hydroxylation is 2. The van der Waals surface area contributed by atoms with Crippen LogP contribution in [-0.4, -0.2) is 11.1 Å². The number of aliphatic carboxylic acids is 1. The Balaban J connectivity index is 2.23. The van der Waals surface area contributed by atoms with E-state index >= 15 is 0 Å². The number of ether oxygens (including phenoxy) is 1. The summed E-state index contributed by atoms with van der Waals surface area (Å²) in [7, 11) is 0. The van der Waals surface area contributed by atoms with Crippen LogP contribution < -0.4 is 4.74 Å². The molecule has 3 nitrogen and oxygen atoms in total. The van der Waals surface area contributed by atoms with E-state index in [0.717, 1.165) is 27.4 Å². The molecule has 0 amide bonds. The molecule has 0 spiro atoms. The van der Waals surface area contributed by atoms with Gasteiger partial charge in [-0.3, -0.25) is 0 Å². The Morgan fingerprint density at radius 2 is 1.86 bits per heavy atom. The molecule has 0 aliphatic heterocycles. The molecule has 0 fully saturated rings. The van der Waals surface area contributed by atoms with Crippen molar-refractivity contribution in [3.63, 3.8) is 0 Å². The smallest absolute Gasteiger partial charge is 0.328 e. The number of carboxylic acids is 1. The Bertz CT molecular complexity index is 705. The highest BCUT2D eigenvalue weighted by Gasteiger charge is 2.06. The van der Waals surface area contributed by atoms with Crippen molar-refractivity contribution in [2.24, 2.45) is 0 Å². The van der Waals surface area contributed by atoms with Crippen LogP contribution in [0.1, 0.15) is 16.7 Å². The maximum absolute atomic E-state index is 10.5. The Labute approximate surface area is 132 Å². The fourth-order valence-electron chi connectivity index (χ4n) is 1.90. The summed E-state index contributed by atoms with van der Waals surface area (Å²) in [5.41, 5.74) is 3.04. The van der Waals surface area contributed by atoms with Crippen LogP contribution in [0.5, 0.6) is 11.5 Å². The van der Waals surface area contributed by atoms with Crippen molar-refractivity contribution in [2.75, 3.05) is 0 Å². The molecule has 108 valence electrons. The van der Waals surface area contributed by atoms with E-state index in [2.05, 4.69) is 22.0 Å². The second kappa shape index (κ2) is 6.59. The van der Waals surface area contributed by atoms with Gasteiger partial charge in [0.2, 0.25) is 0 Å². The lowest BCUT2D eigenvalue weighted by Gasteiger charge is -2.11. The maximum Gasteiger partial charge on any atom is 0.328 e. The van der Waals surface area contributed by atoms with Crippen LogP contribution in [-0.2, 0) is 4.79 Å². The van der Waals surface area contributed by atoms with Gasteiger partial charge in [0, 0.05) is 6.08 Å². The fourth-order valence-corrected chi connectivity index (χ4v) is 2.38. The summed E-state index contributed by atoms with van der Waals surface area (Å²) >= 11 is 3.44. The third kappa shape index (κ3) is 4.20. The number of hydrogen-bond donors (Lipinski definition) is 1. The second-order valence-corrected chi connectivity index (χ2v) is 5.59. The number of rotatable bonds is 4. The van der Waals surface area contributed by atoms with Gasteiger partial charge >= 0.3 is 5.97 Å². The molecule has 0 atom stereocenters. The predicted molar refractivity (Wildman–Crippen MR) is 86.8 cm³/mol. The lowest BCUT2D eigenvalue weighted by Crippen LogP contribution is -1.90. The van der Waals surface area contributed by atoms with Crippen molar-refractivity contribution in [3.8, 4) is 11.5 Å².